The molecule has 31 heavy (non-hydrogen) atoms. The number of nitrogens with one attached hydrogen (secondary N) is 2. The van der Waals surface area contributed by atoms with Crippen molar-refractivity contribution in [1.82, 2.24) is 15.5 Å². The Balaban J connectivity index is 1.56. The molecule has 2 aliphatic rings. The smallest absolute Gasteiger partial charge is 0.262 e. The van der Waals surface area contributed by atoms with Gasteiger partial charge in [0.05, 0.1) is 11.1 Å². The zero-order valence-electron chi connectivity index (χ0n) is 16.5. The highest BCUT2D eigenvalue weighted by atomic mass is 19.1. The lowest BCUT2D eigenvalue weighted by atomic mass is 10.0. The van der Waals surface area contributed by atoms with Gasteiger partial charge in [0.1, 0.15) is 11.9 Å². The van der Waals surface area contributed by atoms with Crippen LogP contribution in [0.3, 0.4) is 0 Å². The third-order valence-electron chi connectivity index (χ3n) is 5.43. The minimum absolute atomic E-state index is 0.0276. The average molecular weight is 423 g/mol. The Labute approximate surface area is 176 Å². The predicted molar refractivity (Wildman–Crippen MR) is 105 cm³/mol. The summed E-state index contributed by atoms with van der Waals surface area (Å²) in [5.74, 6) is -3.45. The maximum Gasteiger partial charge on any atom is 0.262 e. The van der Waals surface area contributed by atoms with Crippen LogP contribution in [0.15, 0.2) is 36.4 Å². The van der Waals surface area contributed by atoms with Gasteiger partial charge in [0.15, 0.2) is 0 Å². The summed E-state index contributed by atoms with van der Waals surface area (Å²) in [6.07, 6.45) is 0.0844. The Hall–Kier alpha value is -3.88. The second-order valence-electron chi connectivity index (χ2n) is 7.43. The summed E-state index contributed by atoms with van der Waals surface area (Å²) in [6, 6.07) is 7.68. The van der Waals surface area contributed by atoms with E-state index in [2.05, 4.69) is 10.6 Å². The van der Waals surface area contributed by atoms with Crippen molar-refractivity contribution in [3.8, 4) is 0 Å². The van der Waals surface area contributed by atoms with Crippen molar-refractivity contribution in [2.45, 2.75) is 32.4 Å². The van der Waals surface area contributed by atoms with Gasteiger partial charge in [-0.2, -0.15) is 0 Å². The second-order valence-corrected chi connectivity index (χ2v) is 7.43. The highest BCUT2D eigenvalue weighted by Gasteiger charge is 2.45. The molecule has 2 heterocycles. The molecule has 1 fully saturated rings. The van der Waals surface area contributed by atoms with Crippen LogP contribution >= 0.6 is 0 Å². The Morgan fingerprint density at radius 3 is 2.65 bits per heavy atom. The summed E-state index contributed by atoms with van der Waals surface area (Å²) in [6.45, 7) is 1.51. The van der Waals surface area contributed by atoms with Gasteiger partial charge in [-0.3, -0.25) is 34.2 Å². The molecule has 158 valence electrons. The number of benzene rings is 2. The maximum atomic E-state index is 13.7. The molecule has 1 unspecified atom stereocenters. The van der Waals surface area contributed by atoms with Crippen LogP contribution in [0.5, 0.6) is 0 Å². The van der Waals surface area contributed by atoms with E-state index in [4.69, 9.17) is 0 Å². The van der Waals surface area contributed by atoms with Crippen LogP contribution in [-0.4, -0.2) is 40.5 Å². The van der Waals surface area contributed by atoms with Gasteiger partial charge in [-0.05, 0) is 42.7 Å². The molecule has 0 bridgehead atoms. The van der Waals surface area contributed by atoms with Crippen LogP contribution in [0, 0.1) is 12.7 Å². The van der Waals surface area contributed by atoms with Crippen molar-refractivity contribution < 1.29 is 28.4 Å². The Bertz CT molecular complexity index is 1160. The number of hydrogen-bond donors (Lipinski definition) is 2. The molecule has 4 rings (SSSR count). The van der Waals surface area contributed by atoms with Crippen molar-refractivity contribution in [2.24, 2.45) is 0 Å². The highest BCUT2D eigenvalue weighted by molar-refractivity contribution is 6.24. The first kappa shape index (κ1) is 20.4. The van der Waals surface area contributed by atoms with Crippen molar-refractivity contribution >= 4 is 29.5 Å². The van der Waals surface area contributed by atoms with E-state index < -0.39 is 41.4 Å². The fourth-order valence-corrected chi connectivity index (χ4v) is 3.74. The molecule has 0 spiro atoms. The van der Waals surface area contributed by atoms with E-state index in [1.165, 1.54) is 18.2 Å². The Morgan fingerprint density at radius 1 is 1.16 bits per heavy atom. The lowest BCUT2D eigenvalue weighted by Crippen LogP contribution is -2.54. The zero-order valence-corrected chi connectivity index (χ0v) is 16.5. The zero-order chi connectivity index (χ0) is 22.3. The van der Waals surface area contributed by atoms with E-state index in [9.17, 15) is 28.4 Å². The van der Waals surface area contributed by atoms with Gasteiger partial charge >= 0.3 is 0 Å². The van der Waals surface area contributed by atoms with Crippen LogP contribution in [0.25, 0.3) is 0 Å². The molecule has 0 aliphatic carbocycles. The SMILES string of the molecule is Cc1ccc(C(=O)NCc2cccc3c2C(=O)N(C2CCC(=O)NC2=O)C3=O)cc1F. The molecule has 0 radical (unpaired) electrons. The number of nitrogens with zero attached hydrogens (tertiary/aromatic N) is 1. The average Bonchev–Trinajstić information content (AvgIpc) is 2.99. The van der Waals surface area contributed by atoms with Crippen molar-refractivity contribution in [3.63, 3.8) is 0 Å². The molecule has 2 N–H and O–H groups in total. The number of amides is 5. The molecule has 2 aliphatic heterocycles. The molecule has 0 aromatic heterocycles. The quantitative estimate of drug-likeness (QED) is 0.723. The summed E-state index contributed by atoms with van der Waals surface area (Å²) < 4.78 is 13.7. The lowest BCUT2D eigenvalue weighted by molar-refractivity contribution is -0.136. The molecule has 2 aromatic carbocycles. The third-order valence-corrected chi connectivity index (χ3v) is 5.43. The van der Waals surface area contributed by atoms with Crippen LogP contribution < -0.4 is 10.6 Å². The molecule has 2 aromatic rings. The minimum Gasteiger partial charge on any atom is -0.348 e. The van der Waals surface area contributed by atoms with Gasteiger partial charge in [0.2, 0.25) is 11.8 Å². The standard InChI is InChI=1S/C22H18FN3O5/c1-11-5-6-12(9-15(11)23)19(28)24-10-13-3-2-4-14-18(13)22(31)26(21(14)30)16-7-8-17(27)25-20(16)29/h2-6,9,16H,7-8,10H2,1H3,(H,24,28)(H,25,27,29). The third kappa shape index (κ3) is 3.58. The number of fused-ring (bicyclic) bond motifs is 1. The van der Waals surface area contributed by atoms with Crippen molar-refractivity contribution in [1.29, 1.82) is 0 Å². The number of hydrogen-bond acceptors (Lipinski definition) is 5. The topological polar surface area (TPSA) is 113 Å². The molecule has 1 atom stereocenters. The van der Waals surface area contributed by atoms with Gasteiger partial charge in [-0.1, -0.05) is 18.2 Å². The molecule has 0 saturated carbocycles. The maximum absolute atomic E-state index is 13.7. The van der Waals surface area contributed by atoms with E-state index in [1.54, 1.807) is 19.1 Å². The van der Waals surface area contributed by atoms with E-state index in [1.807, 2.05) is 0 Å². The Kier molecular flexibility index (Phi) is 5.10. The number of carbonyl (C=O) groups is 5. The monoisotopic (exact) mass is 423 g/mol. The molecular weight excluding hydrogens is 405 g/mol. The largest absolute Gasteiger partial charge is 0.348 e. The van der Waals surface area contributed by atoms with Gasteiger partial charge in [0.25, 0.3) is 17.7 Å². The first-order chi connectivity index (χ1) is 14.8. The van der Waals surface area contributed by atoms with Crippen molar-refractivity contribution in [3.05, 3.63) is 70.0 Å². The fourth-order valence-electron chi connectivity index (χ4n) is 3.74. The first-order valence-electron chi connectivity index (χ1n) is 9.65. The molecule has 1 saturated heterocycles. The summed E-state index contributed by atoms with van der Waals surface area (Å²) in [5, 5.41) is 4.77. The van der Waals surface area contributed by atoms with Crippen LogP contribution in [-0.2, 0) is 16.1 Å². The van der Waals surface area contributed by atoms with Crippen LogP contribution in [0.4, 0.5) is 4.39 Å². The normalized spacial score (nSPS) is 18.1. The summed E-state index contributed by atoms with van der Waals surface area (Å²) in [4.78, 5) is 62.7. The molecule has 9 heteroatoms. The number of rotatable bonds is 4. The minimum atomic E-state index is -1.07. The molecule has 5 amide bonds. The van der Waals surface area contributed by atoms with E-state index >= 15 is 0 Å². The summed E-state index contributed by atoms with van der Waals surface area (Å²) in [7, 11) is 0. The number of carbonyl (C=O) groups excluding carboxylic acids is 5. The van der Waals surface area contributed by atoms with Gasteiger partial charge in [0, 0.05) is 18.5 Å². The van der Waals surface area contributed by atoms with Gasteiger partial charge in [-0.15, -0.1) is 0 Å². The van der Waals surface area contributed by atoms with Crippen molar-refractivity contribution in [2.75, 3.05) is 0 Å². The number of aryl methyl sites for hydroxylation is 1. The van der Waals surface area contributed by atoms with E-state index in [-0.39, 0.29) is 36.1 Å². The first-order valence-corrected chi connectivity index (χ1v) is 9.65. The molecule has 8 nitrogen and oxygen atoms in total. The predicted octanol–water partition coefficient (Wildman–Crippen LogP) is 1.47. The number of piperidine rings is 1. The lowest BCUT2D eigenvalue weighted by Gasteiger charge is -2.27. The number of halogens is 1. The highest BCUT2D eigenvalue weighted by Crippen LogP contribution is 2.30. The van der Waals surface area contributed by atoms with Gasteiger partial charge < -0.3 is 5.32 Å². The van der Waals surface area contributed by atoms with E-state index in [0.29, 0.717) is 11.1 Å². The Morgan fingerprint density at radius 2 is 1.94 bits per heavy atom. The van der Waals surface area contributed by atoms with Crippen LogP contribution in [0.2, 0.25) is 0 Å². The summed E-state index contributed by atoms with van der Waals surface area (Å²) >= 11 is 0. The van der Waals surface area contributed by atoms with E-state index in [0.717, 1.165) is 11.0 Å². The van der Waals surface area contributed by atoms with Crippen LogP contribution in [0.1, 0.15) is 55.0 Å². The second kappa shape index (κ2) is 7.75. The summed E-state index contributed by atoms with van der Waals surface area (Å²) in [5.41, 5.74) is 1.17. The molecular formula is C22H18FN3O5. The van der Waals surface area contributed by atoms with Gasteiger partial charge in [-0.25, -0.2) is 4.39 Å². The fraction of sp³-hybridized carbons (Fsp3) is 0.227. The number of imide groups is 2.